The molecule has 1 fully saturated rings. The first kappa shape index (κ1) is 20.3. The van der Waals surface area contributed by atoms with E-state index in [9.17, 15) is 14.7 Å². The van der Waals surface area contributed by atoms with E-state index in [0.717, 1.165) is 31.2 Å². The van der Waals surface area contributed by atoms with Gasteiger partial charge in [-0.2, -0.15) is 0 Å². The van der Waals surface area contributed by atoms with Gasteiger partial charge in [0.05, 0.1) is 12.6 Å². The van der Waals surface area contributed by atoms with Crippen LogP contribution in [0.1, 0.15) is 66.6 Å². The van der Waals surface area contributed by atoms with Gasteiger partial charge in [0.1, 0.15) is 5.56 Å². The van der Waals surface area contributed by atoms with Crippen molar-refractivity contribution in [3.8, 4) is 0 Å². The van der Waals surface area contributed by atoms with E-state index in [4.69, 9.17) is 0 Å². The van der Waals surface area contributed by atoms with Crippen molar-refractivity contribution < 1.29 is 9.90 Å². The van der Waals surface area contributed by atoms with Gasteiger partial charge in [0.15, 0.2) is 0 Å². The van der Waals surface area contributed by atoms with Gasteiger partial charge in [-0.25, -0.2) is 0 Å². The molecule has 0 bridgehead atoms. The summed E-state index contributed by atoms with van der Waals surface area (Å²) in [5.41, 5.74) is 1.67. The molecule has 0 aliphatic heterocycles. The molecular formula is C23H30N2O3. The van der Waals surface area contributed by atoms with Crippen LogP contribution in [0.4, 0.5) is 0 Å². The largest absolute Gasteiger partial charge is 0.395 e. The molecule has 5 nitrogen and oxygen atoms in total. The summed E-state index contributed by atoms with van der Waals surface area (Å²) in [7, 11) is 0. The Morgan fingerprint density at radius 2 is 1.86 bits per heavy atom. The molecule has 1 saturated carbocycles. The van der Waals surface area contributed by atoms with Crippen LogP contribution in [-0.2, 0) is 0 Å². The van der Waals surface area contributed by atoms with Crippen molar-refractivity contribution in [2.45, 2.75) is 58.0 Å². The molecule has 5 heteroatoms. The predicted octanol–water partition coefficient (Wildman–Crippen LogP) is 3.53. The summed E-state index contributed by atoms with van der Waals surface area (Å²) < 4.78 is 1.63. The van der Waals surface area contributed by atoms with Crippen molar-refractivity contribution in [3.05, 3.63) is 69.6 Å². The lowest BCUT2D eigenvalue weighted by molar-refractivity contribution is 0.0582. The first-order valence-electron chi connectivity index (χ1n) is 10.2. The molecule has 0 saturated heterocycles. The highest BCUT2D eigenvalue weighted by Crippen LogP contribution is 2.24. The maximum atomic E-state index is 13.4. The molecule has 0 radical (unpaired) electrons. The van der Waals surface area contributed by atoms with E-state index in [1.807, 2.05) is 50.2 Å². The van der Waals surface area contributed by atoms with Crippen LogP contribution in [0.15, 0.2) is 47.4 Å². The smallest absolute Gasteiger partial charge is 0.264 e. The molecule has 1 heterocycles. The van der Waals surface area contributed by atoms with Crippen LogP contribution in [0.3, 0.4) is 0 Å². The molecule has 150 valence electrons. The number of hydrogen-bond acceptors (Lipinski definition) is 3. The molecule has 1 atom stereocenters. The van der Waals surface area contributed by atoms with E-state index in [-0.39, 0.29) is 42.3 Å². The molecular weight excluding hydrogens is 352 g/mol. The minimum absolute atomic E-state index is 0.0945. The summed E-state index contributed by atoms with van der Waals surface area (Å²) in [6, 6.07) is 11.6. The SMILES string of the molecule is Cc1ccn(C(C)c2ccccc2)c(=O)c1C(=O)N(CCO)C1CCCCC1. The lowest BCUT2D eigenvalue weighted by atomic mass is 9.93. The zero-order valence-electron chi connectivity index (χ0n) is 16.8. The number of nitrogens with zero attached hydrogens (tertiary/aromatic N) is 2. The Kier molecular flexibility index (Phi) is 6.68. The van der Waals surface area contributed by atoms with E-state index < -0.39 is 0 Å². The van der Waals surface area contributed by atoms with Gasteiger partial charge in [-0.15, -0.1) is 0 Å². The molecule has 1 aromatic heterocycles. The van der Waals surface area contributed by atoms with Crippen molar-refractivity contribution in [3.63, 3.8) is 0 Å². The Hall–Kier alpha value is -2.40. The van der Waals surface area contributed by atoms with Crippen molar-refractivity contribution in [2.24, 2.45) is 0 Å². The van der Waals surface area contributed by atoms with E-state index in [1.54, 1.807) is 15.7 Å². The number of pyridine rings is 1. The lowest BCUT2D eigenvalue weighted by Gasteiger charge is -2.34. The maximum absolute atomic E-state index is 13.4. The van der Waals surface area contributed by atoms with Crippen LogP contribution < -0.4 is 5.56 Å². The topological polar surface area (TPSA) is 62.5 Å². The van der Waals surface area contributed by atoms with Crippen LogP contribution in [0.5, 0.6) is 0 Å². The van der Waals surface area contributed by atoms with E-state index in [2.05, 4.69) is 0 Å². The molecule has 28 heavy (non-hydrogen) atoms. The van der Waals surface area contributed by atoms with Crippen molar-refractivity contribution in [1.29, 1.82) is 0 Å². The highest BCUT2D eigenvalue weighted by molar-refractivity contribution is 5.95. The third-order valence-electron chi connectivity index (χ3n) is 5.86. The molecule has 1 unspecified atom stereocenters. The molecule has 1 aliphatic carbocycles. The summed E-state index contributed by atoms with van der Waals surface area (Å²) >= 11 is 0. The highest BCUT2D eigenvalue weighted by atomic mass is 16.3. The molecule has 1 aliphatic rings. The number of aromatic nitrogens is 1. The summed E-state index contributed by atoms with van der Waals surface area (Å²) in [5.74, 6) is -0.252. The van der Waals surface area contributed by atoms with Gasteiger partial charge in [0.2, 0.25) is 0 Å². The van der Waals surface area contributed by atoms with Gasteiger partial charge >= 0.3 is 0 Å². The minimum Gasteiger partial charge on any atom is -0.395 e. The normalized spacial score (nSPS) is 16.0. The highest BCUT2D eigenvalue weighted by Gasteiger charge is 2.29. The standard InChI is InChI=1S/C23H30N2O3/c1-17-13-14-24(18(2)19-9-5-3-6-10-19)22(27)21(17)23(28)25(15-16-26)20-11-7-4-8-12-20/h3,5-6,9-10,13-14,18,20,26H,4,7-8,11-12,15-16H2,1-2H3. The van der Waals surface area contributed by atoms with Crippen molar-refractivity contribution in [1.82, 2.24) is 9.47 Å². The van der Waals surface area contributed by atoms with Crippen LogP contribution in [0, 0.1) is 6.92 Å². The van der Waals surface area contributed by atoms with Gasteiger partial charge < -0.3 is 14.6 Å². The van der Waals surface area contributed by atoms with Gasteiger partial charge in [-0.05, 0) is 43.9 Å². The summed E-state index contributed by atoms with van der Waals surface area (Å²) in [6.07, 6.45) is 7.00. The van der Waals surface area contributed by atoms with Crippen LogP contribution in [0.25, 0.3) is 0 Å². The average Bonchev–Trinajstić information content (AvgIpc) is 2.73. The summed E-state index contributed by atoms with van der Waals surface area (Å²) in [5, 5.41) is 9.52. The third kappa shape index (κ3) is 4.20. The van der Waals surface area contributed by atoms with Crippen LogP contribution >= 0.6 is 0 Å². The zero-order valence-corrected chi connectivity index (χ0v) is 16.8. The number of carbonyl (C=O) groups excluding carboxylic acids is 1. The summed E-state index contributed by atoms with van der Waals surface area (Å²) in [4.78, 5) is 28.4. The van der Waals surface area contributed by atoms with Gasteiger partial charge in [-0.3, -0.25) is 9.59 Å². The first-order valence-corrected chi connectivity index (χ1v) is 10.2. The van der Waals surface area contributed by atoms with Crippen molar-refractivity contribution >= 4 is 5.91 Å². The Morgan fingerprint density at radius 3 is 2.50 bits per heavy atom. The Labute approximate surface area is 166 Å². The van der Waals surface area contributed by atoms with Gasteiger partial charge in [0, 0.05) is 18.8 Å². The van der Waals surface area contributed by atoms with E-state index in [0.29, 0.717) is 5.56 Å². The Bertz CT molecular complexity index is 854. The van der Waals surface area contributed by atoms with E-state index in [1.165, 1.54) is 6.42 Å². The Balaban J connectivity index is 1.98. The minimum atomic E-state index is -0.264. The average molecular weight is 383 g/mol. The first-order chi connectivity index (χ1) is 13.5. The lowest BCUT2D eigenvalue weighted by Crippen LogP contribution is -2.46. The van der Waals surface area contributed by atoms with E-state index >= 15 is 0 Å². The number of hydrogen-bond donors (Lipinski definition) is 1. The molecule has 0 spiro atoms. The fourth-order valence-electron chi connectivity index (χ4n) is 4.19. The van der Waals surface area contributed by atoms with Crippen LogP contribution in [-0.4, -0.2) is 39.7 Å². The quantitative estimate of drug-likeness (QED) is 0.831. The molecule has 3 rings (SSSR count). The van der Waals surface area contributed by atoms with Gasteiger partial charge in [0.25, 0.3) is 11.5 Å². The van der Waals surface area contributed by atoms with Crippen LogP contribution in [0.2, 0.25) is 0 Å². The fourth-order valence-corrected chi connectivity index (χ4v) is 4.19. The third-order valence-corrected chi connectivity index (χ3v) is 5.86. The number of aliphatic hydroxyl groups is 1. The zero-order chi connectivity index (χ0) is 20.1. The number of benzene rings is 1. The number of aliphatic hydroxyl groups excluding tert-OH is 1. The second kappa shape index (κ2) is 9.20. The monoisotopic (exact) mass is 382 g/mol. The van der Waals surface area contributed by atoms with Gasteiger partial charge in [-0.1, -0.05) is 49.6 Å². The second-order valence-electron chi connectivity index (χ2n) is 7.69. The maximum Gasteiger partial charge on any atom is 0.264 e. The molecule has 1 amide bonds. The second-order valence-corrected chi connectivity index (χ2v) is 7.69. The fraction of sp³-hybridized carbons (Fsp3) is 0.478. The number of amides is 1. The molecule has 1 N–H and O–H groups in total. The predicted molar refractivity (Wildman–Crippen MR) is 111 cm³/mol. The number of aryl methyl sites for hydroxylation is 1. The molecule has 2 aromatic rings. The number of rotatable bonds is 6. The number of carbonyl (C=O) groups is 1. The molecule has 1 aromatic carbocycles. The Morgan fingerprint density at radius 1 is 1.18 bits per heavy atom. The summed E-state index contributed by atoms with van der Waals surface area (Å²) in [6.45, 7) is 3.95. The van der Waals surface area contributed by atoms with Crippen molar-refractivity contribution in [2.75, 3.05) is 13.2 Å².